The summed E-state index contributed by atoms with van der Waals surface area (Å²) in [7, 11) is 0. The fourth-order valence-corrected chi connectivity index (χ4v) is 5.23. The van der Waals surface area contributed by atoms with E-state index in [1.54, 1.807) is 0 Å². The number of nitrogens with zero attached hydrogens (tertiary/aromatic N) is 2. The van der Waals surface area contributed by atoms with Crippen LogP contribution < -0.4 is 5.32 Å². The first-order valence-corrected chi connectivity index (χ1v) is 11.7. The minimum absolute atomic E-state index is 0.0760. The first kappa shape index (κ1) is 25.7. The second-order valence-corrected chi connectivity index (χ2v) is 10.0. The molecular weight excluding hydrogens is 504 g/mol. The lowest BCUT2D eigenvalue weighted by atomic mass is 9.71. The predicted molar refractivity (Wildman–Crippen MR) is 104 cm³/mol. The number of carbonyl (C=O) groups excluding carboxylic acids is 1. The van der Waals surface area contributed by atoms with Gasteiger partial charge in [0.1, 0.15) is 12.2 Å². The molecule has 3 saturated carbocycles. The van der Waals surface area contributed by atoms with Crippen LogP contribution in [0.3, 0.4) is 0 Å². The van der Waals surface area contributed by atoms with Crippen molar-refractivity contribution in [2.45, 2.75) is 99.5 Å². The highest BCUT2D eigenvalue weighted by molar-refractivity contribution is 5.78. The number of halogens is 6. The van der Waals surface area contributed by atoms with E-state index >= 15 is 0 Å². The third kappa shape index (κ3) is 5.63. The van der Waals surface area contributed by atoms with Crippen molar-refractivity contribution in [1.82, 2.24) is 15.5 Å². The van der Waals surface area contributed by atoms with Gasteiger partial charge in [-0.05, 0) is 38.5 Å². The van der Waals surface area contributed by atoms with Gasteiger partial charge in [0.2, 0.25) is 17.7 Å². The average molecular weight is 529 g/mol. The van der Waals surface area contributed by atoms with Crippen LogP contribution in [0.1, 0.15) is 69.1 Å². The van der Waals surface area contributed by atoms with Gasteiger partial charge >= 0.3 is 12.7 Å². The van der Waals surface area contributed by atoms with Crippen LogP contribution in [0.5, 0.6) is 0 Å². The van der Waals surface area contributed by atoms with Crippen molar-refractivity contribution in [2.24, 2.45) is 0 Å². The van der Waals surface area contributed by atoms with Crippen molar-refractivity contribution in [2.75, 3.05) is 13.2 Å². The Labute approximate surface area is 201 Å². The number of ether oxygens (including phenoxy) is 4. The Morgan fingerprint density at radius 2 is 1.53 bits per heavy atom. The molecule has 6 rings (SSSR count). The van der Waals surface area contributed by atoms with Crippen LogP contribution in [0.25, 0.3) is 0 Å². The van der Waals surface area contributed by atoms with Gasteiger partial charge in [0, 0.05) is 18.8 Å². The molecule has 0 radical (unpaired) electrons. The Kier molecular flexibility index (Phi) is 6.49. The number of carbonyl (C=O) groups is 1. The summed E-state index contributed by atoms with van der Waals surface area (Å²) in [5.74, 6) is -0.140. The Morgan fingerprint density at radius 1 is 0.917 bits per heavy atom. The van der Waals surface area contributed by atoms with Gasteiger partial charge in [-0.15, -0.1) is 36.5 Å². The zero-order valence-corrected chi connectivity index (χ0v) is 19.0. The molecule has 2 saturated heterocycles. The number of alkyl halides is 6. The van der Waals surface area contributed by atoms with Crippen LogP contribution in [0.15, 0.2) is 4.42 Å². The Morgan fingerprint density at radius 3 is 2.08 bits per heavy atom. The normalized spacial score (nSPS) is 36.3. The molecule has 3 heterocycles. The maximum Gasteiger partial charge on any atom is 0.522 e. The molecule has 1 aromatic heterocycles. The van der Waals surface area contributed by atoms with Crippen molar-refractivity contribution in [3.8, 4) is 0 Å². The number of aromatic nitrogens is 2. The summed E-state index contributed by atoms with van der Waals surface area (Å²) in [5, 5.41) is 11.0. The lowest BCUT2D eigenvalue weighted by Crippen LogP contribution is -2.62. The van der Waals surface area contributed by atoms with Crippen molar-refractivity contribution in [1.29, 1.82) is 0 Å². The standard InChI is InChI=1S/C21H25F6N3O6/c22-20(23,24)35-13-5-11(6-13)16-29-30-17(34-16)19-3-1-18(2-4-19,10-33-19)28-15(31)9-32-12-7-14(8-12)36-21(25,26)27/h11-14H,1-10H2,(H,28,31). The summed E-state index contributed by atoms with van der Waals surface area (Å²) in [6, 6.07) is 0. The summed E-state index contributed by atoms with van der Waals surface area (Å²) >= 11 is 0. The highest BCUT2D eigenvalue weighted by atomic mass is 19.4. The van der Waals surface area contributed by atoms with Gasteiger partial charge in [0.15, 0.2) is 0 Å². The van der Waals surface area contributed by atoms with Crippen molar-refractivity contribution in [3.05, 3.63) is 11.8 Å². The van der Waals surface area contributed by atoms with E-state index in [0.29, 0.717) is 25.7 Å². The quantitative estimate of drug-likeness (QED) is 0.510. The molecule has 0 spiro atoms. The number of hydrogen-bond acceptors (Lipinski definition) is 8. The van der Waals surface area contributed by atoms with Crippen molar-refractivity contribution < 1.29 is 54.5 Å². The monoisotopic (exact) mass is 529 g/mol. The summed E-state index contributed by atoms with van der Waals surface area (Å²) in [6.45, 7) is -0.0734. The minimum atomic E-state index is -4.68. The Balaban J connectivity index is 1.06. The lowest BCUT2D eigenvalue weighted by molar-refractivity contribution is -0.357. The van der Waals surface area contributed by atoms with E-state index in [1.807, 2.05) is 0 Å². The zero-order chi connectivity index (χ0) is 25.8. The van der Waals surface area contributed by atoms with E-state index < -0.39 is 42.2 Å². The fraction of sp³-hybridized carbons (Fsp3) is 0.857. The summed E-state index contributed by atoms with van der Waals surface area (Å²) in [5.41, 5.74) is -1.40. The molecule has 5 aliphatic rings. The molecular formula is C21H25F6N3O6. The molecule has 0 atom stereocenters. The third-order valence-electron chi connectivity index (χ3n) is 7.42. The van der Waals surface area contributed by atoms with Gasteiger partial charge in [-0.2, -0.15) is 0 Å². The third-order valence-corrected chi connectivity index (χ3v) is 7.42. The molecule has 202 valence electrons. The number of nitrogens with one attached hydrogen (secondary N) is 1. The highest BCUT2D eigenvalue weighted by Gasteiger charge is 2.54. The predicted octanol–water partition coefficient (Wildman–Crippen LogP) is 3.59. The zero-order valence-electron chi connectivity index (χ0n) is 19.0. The van der Waals surface area contributed by atoms with E-state index in [2.05, 4.69) is 25.0 Å². The highest BCUT2D eigenvalue weighted by Crippen LogP contribution is 2.50. The largest absolute Gasteiger partial charge is 0.522 e. The van der Waals surface area contributed by atoms with Crippen LogP contribution in [0, 0.1) is 0 Å². The second-order valence-electron chi connectivity index (χ2n) is 10.0. The SMILES string of the molecule is O=C(COC1CC(OC(F)(F)F)C1)NC12CCC(c3nnc(C4CC(OC(F)(F)F)C4)o3)(CC1)OC2. The molecule has 15 heteroatoms. The van der Waals surface area contributed by atoms with Crippen molar-refractivity contribution in [3.63, 3.8) is 0 Å². The molecule has 0 unspecified atom stereocenters. The van der Waals surface area contributed by atoms with Crippen LogP contribution in [0.4, 0.5) is 26.3 Å². The van der Waals surface area contributed by atoms with Gasteiger partial charge < -0.3 is 19.2 Å². The van der Waals surface area contributed by atoms with Crippen LogP contribution in [0.2, 0.25) is 0 Å². The molecule has 36 heavy (non-hydrogen) atoms. The molecule has 1 amide bonds. The van der Waals surface area contributed by atoms with Crippen LogP contribution in [-0.4, -0.2) is 65.9 Å². The van der Waals surface area contributed by atoms with Gasteiger partial charge in [-0.1, -0.05) is 0 Å². The maximum atomic E-state index is 12.4. The summed E-state index contributed by atoms with van der Waals surface area (Å²) < 4.78 is 98.6. The number of fused-ring (bicyclic) bond motifs is 3. The van der Waals surface area contributed by atoms with E-state index in [-0.39, 0.29) is 62.5 Å². The van der Waals surface area contributed by atoms with Gasteiger partial charge in [0.05, 0.1) is 30.5 Å². The molecule has 2 aliphatic heterocycles. The van der Waals surface area contributed by atoms with E-state index in [1.165, 1.54) is 0 Å². The van der Waals surface area contributed by atoms with E-state index in [0.717, 1.165) is 0 Å². The maximum absolute atomic E-state index is 12.4. The fourth-order valence-electron chi connectivity index (χ4n) is 5.23. The number of hydrogen-bond donors (Lipinski definition) is 1. The smallest absolute Gasteiger partial charge is 0.422 e. The first-order valence-electron chi connectivity index (χ1n) is 11.7. The van der Waals surface area contributed by atoms with Crippen LogP contribution >= 0.6 is 0 Å². The first-order chi connectivity index (χ1) is 16.8. The number of rotatable bonds is 8. The van der Waals surface area contributed by atoms with E-state index in [9.17, 15) is 31.1 Å². The summed E-state index contributed by atoms with van der Waals surface area (Å²) in [6.07, 6.45) is -9.09. The van der Waals surface area contributed by atoms with Gasteiger partial charge in [0.25, 0.3) is 0 Å². The van der Waals surface area contributed by atoms with Crippen molar-refractivity contribution >= 4 is 5.91 Å². The molecule has 2 bridgehead atoms. The lowest BCUT2D eigenvalue weighted by Gasteiger charge is -2.51. The summed E-state index contributed by atoms with van der Waals surface area (Å²) in [4.78, 5) is 12.4. The average Bonchev–Trinajstić information content (AvgIpc) is 3.22. The minimum Gasteiger partial charge on any atom is -0.422 e. The topological polar surface area (TPSA) is 105 Å². The molecule has 5 fully saturated rings. The molecule has 1 aromatic rings. The molecule has 3 aliphatic carbocycles. The van der Waals surface area contributed by atoms with E-state index in [4.69, 9.17) is 13.9 Å². The molecule has 1 N–H and O–H groups in total. The van der Waals surface area contributed by atoms with Gasteiger partial charge in [-0.25, -0.2) is 0 Å². The Hall–Kier alpha value is -1.97. The Bertz CT molecular complexity index is 932. The van der Waals surface area contributed by atoms with Gasteiger partial charge in [-0.3, -0.25) is 14.3 Å². The van der Waals surface area contributed by atoms with Crippen LogP contribution in [-0.2, 0) is 29.3 Å². The second kappa shape index (κ2) is 9.10. The molecule has 9 nitrogen and oxygen atoms in total. The molecule has 0 aromatic carbocycles. The number of amides is 1.